The fraction of sp³-hybridized carbons (Fsp3) is 0.333. The second-order valence-corrected chi connectivity index (χ2v) is 8.14. The maximum atomic E-state index is 13.2. The molecule has 2 heterocycles. The highest BCUT2D eigenvalue weighted by Gasteiger charge is 2.28. The molecule has 0 aliphatic carbocycles. The molecule has 1 aromatic heterocycles. The van der Waals surface area contributed by atoms with Crippen LogP contribution in [0.5, 0.6) is 11.5 Å². The molecule has 2 aromatic carbocycles. The van der Waals surface area contributed by atoms with E-state index >= 15 is 0 Å². The van der Waals surface area contributed by atoms with Gasteiger partial charge in [0, 0.05) is 37.7 Å². The van der Waals surface area contributed by atoms with Gasteiger partial charge < -0.3 is 18.9 Å². The van der Waals surface area contributed by atoms with Gasteiger partial charge in [-0.25, -0.2) is 0 Å². The molecule has 32 heavy (non-hydrogen) atoms. The molecular weight excluding hydrogens is 430 g/mol. The number of ether oxygens (including phenoxy) is 2. The van der Waals surface area contributed by atoms with Crippen LogP contribution in [0.15, 0.2) is 53.1 Å². The molecule has 0 N–H and O–H groups in total. The number of aryl methyl sites for hydroxylation is 1. The summed E-state index contributed by atoms with van der Waals surface area (Å²) in [6.07, 6.45) is 0. The molecule has 7 nitrogen and oxygen atoms in total. The molecule has 0 atom stereocenters. The lowest BCUT2D eigenvalue weighted by atomic mass is 10.1. The third-order valence-corrected chi connectivity index (χ3v) is 5.86. The summed E-state index contributed by atoms with van der Waals surface area (Å²) in [6.45, 7) is 5.63. The molecule has 1 amide bonds. The number of halogens is 1. The van der Waals surface area contributed by atoms with Gasteiger partial charge in [-0.3, -0.25) is 9.69 Å². The molecule has 3 aromatic rings. The number of carbonyl (C=O) groups excluding carboxylic acids is 1. The van der Waals surface area contributed by atoms with Crippen molar-refractivity contribution < 1.29 is 18.8 Å². The SMILES string of the molecule is COc1ccccc1OCc1c(C(=O)N2CCN(Cc3ccc(Cl)cc3)CC2)noc1C. The van der Waals surface area contributed by atoms with E-state index in [1.807, 2.05) is 53.4 Å². The van der Waals surface area contributed by atoms with E-state index in [4.69, 9.17) is 25.6 Å². The number of piperazine rings is 1. The van der Waals surface area contributed by atoms with Gasteiger partial charge in [-0.2, -0.15) is 0 Å². The number of hydrogen-bond acceptors (Lipinski definition) is 6. The van der Waals surface area contributed by atoms with Crippen molar-refractivity contribution in [3.05, 3.63) is 76.1 Å². The van der Waals surface area contributed by atoms with E-state index in [1.54, 1.807) is 14.0 Å². The van der Waals surface area contributed by atoms with Gasteiger partial charge in [-0.15, -0.1) is 0 Å². The van der Waals surface area contributed by atoms with Crippen molar-refractivity contribution in [2.45, 2.75) is 20.1 Å². The smallest absolute Gasteiger partial charge is 0.276 e. The molecule has 0 saturated carbocycles. The molecule has 4 rings (SSSR count). The molecule has 0 bridgehead atoms. The predicted molar refractivity (Wildman–Crippen MR) is 121 cm³/mol. The number of nitrogens with zero attached hydrogens (tertiary/aromatic N) is 3. The molecule has 1 fully saturated rings. The van der Waals surface area contributed by atoms with Crippen LogP contribution in [0.25, 0.3) is 0 Å². The fourth-order valence-electron chi connectivity index (χ4n) is 3.72. The summed E-state index contributed by atoms with van der Waals surface area (Å²) in [4.78, 5) is 17.3. The Morgan fingerprint density at radius 1 is 1.06 bits per heavy atom. The molecular formula is C24H26ClN3O4. The summed E-state index contributed by atoms with van der Waals surface area (Å²) >= 11 is 5.97. The van der Waals surface area contributed by atoms with Crippen LogP contribution in [0.3, 0.4) is 0 Å². The van der Waals surface area contributed by atoms with Crippen molar-refractivity contribution in [1.82, 2.24) is 15.0 Å². The quantitative estimate of drug-likeness (QED) is 0.532. The Bertz CT molecular complexity index is 1060. The van der Waals surface area contributed by atoms with Crippen molar-refractivity contribution in [3.63, 3.8) is 0 Å². The van der Waals surface area contributed by atoms with E-state index in [0.717, 1.165) is 24.7 Å². The lowest BCUT2D eigenvalue weighted by molar-refractivity contribution is 0.0616. The van der Waals surface area contributed by atoms with Gasteiger partial charge in [0.1, 0.15) is 12.4 Å². The monoisotopic (exact) mass is 455 g/mol. The lowest BCUT2D eigenvalue weighted by Crippen LogP contribution is -2.48. The number of rotatable bonds is 7. The van der Waals surface area contributed by atoms with E-state index in [2.05, 4.69) is 10.1 Å². The van der Waals surface area contributed by atoms with Crippen LogP contribution in [0.2, 0.25) is 5.02 Å². The third-order valence-electron chi connectivity index (χ3n) is 5.61. The number of hydrogen-bond donors (Lipinski definition) is 0. The normalized spacial score (nSPS) is 14.4. The van der Waals surface area contributed by atoms with Crippen LogP contribution in [0, 0.1) is 6.92 Å². The van der Waals surface area contributed by atoms with E-state index in [-0.39, 0.29) is 12.5 Å². The minimum absolute atomic E-state index is 0.133. The van der Waals surface area contributed by atoms with Gasteiger partial charge in [-0.05, 0) is 36.8 Å². The van der Waals surface area contributed by atoms with E-state index in [9.17, 15) is 4.79 Å². The van der Waals surface area contributed by atoms with Crippen molar-refractivity contribution in [2.24, 2.45) is 0 Å². The van der Waals surface area contributed by atoms with Crippen molar-refractivity contribution in [3.8, 4) is 11.5 Å². The second kappa shape index (κ2) is 10.1. The van der Waals surface area contributed by atoms with Crippen LogP contribution in [0.4, 0.5) is 0 Å². The predicted octanol–water partition coefficient (Wildman–Crippen LogP) is 4.18. The molecule has 168 valence electrons. The Balaban J connectivity index is 1.37. The highest BCUT2D eigenvalue weighted by atomic mass is 35.5. The van der Waals surface area contributed by atoms with E-state index < -0.39 is 0 Å². The highest BCUT2D eigenvalue weighted by molar-refractivity contribution is 6.30. The molecule has 1 saturated heterocycles. The van der Waals surface area contributed by atoms with E-state index in [0.29, 0.717) is 41.6 Å². The summed E-state index contributed by atoms with van der Waals surface area (Å²) in [6, 6.07) is 15.3. The number of benzene rings is 2. The van der Waals surface area contributed by atoms with Crippen LogP contribution in [-0.4, -0.2) is 54.2 Å². The Morgan fingerprint density at radius 2 is 1.75 bits per heavy atom. The molecule has 0 radical (unpaired) electrons. The first-order chi connectivity index (χ1) is 15.5. The average molecular weight is 456 g/mol. The van der Waals surface area contributed by atoms with E-state index in [1.165, 1.54) is 5.56 Å². The van der Waals surface area contributed by atoms with Gasteiger partial charge in [0.15, 0.2) is 17.2 Å². The van der Waals surface area contributed by atoms with Gasteiger partial charge in [-0.1, -0.05) is 41.0 Å². The standard InChI is InChI=1S/C24H26ClN3O4/c1-17-20(16-31-22-6-4-3-5-21(22)30-2)23(26-32-17)24(29)28-13-11-27(12-14-28)15-18-7-9-19(25)10-8-18/h3-10H,11-16H2,1-2H3. The summed E-state index contributed by atoms with van der Waals surface area (Å²) in [5, 5.41) is 4.77. The van der Waals surface area contributed by atoms with Gasteiger partial charge in [0.05, 0.1) is 12.7 Å². The molecule has 1 aliphatic heterocycles. The summed E-state index contributed by atoms with van der Waals surface area (Å²) in [5.41, 5.74) is 2.17. The van der Waals surface area contributed by atoms with Crippen molar-refractivity contribution in [2.75, 3.05) is 33.3 Å². The van der Waals surface area contributed by atoms with Crippen molar-refractivity contribution in [1.29, 1.82) is 0 Å². The Morgan fingerprint density at radius 3 is 2.44 bits per heavy atom. The third kappa shape index (κ3) is 5.06. The minimum Gasteiger partial charge on any atom is -0.493 e. The van der Waals surface area contributed by atoms with Gasteiger partial charge in [0.2, 0.25) is 0 Å². The first-order valence-corrected chi connectivity index (χ1v) is 10.9. The fourth-order valence-corrected chi connectivity index (χ4v) is 3.85. The Kier molecular flexibility index (Phi) is 6.97. The minimum atomic E-state index is -0.133. The largest absolute Gasteiger partial charge is 0.493 e. The molecule has 0 spiro atoms. The first-order valence-electron chi connectivity index (χ1n) is 10.5. The Hall–Kier alpha value is -3.03. The lowest BCUT2D eigenvalue weighted by Gasteiger charge is -2.34. The van der Waals surface area contributed by atoms with Gasteiger partial charge >= 0.3 is 0 Å². The average Bonchev–Trinajstić information content (AvgIpc) is 3.19. The maximum Gasteiger partial charge on any atom is 0.276 e. The number of aromatic nitrogens is 1. The van der Waals surface area contributed by atoms with Gasteiger partial charge in [0.25, 0.3) is 5.91 Å². The summed E-state index contributed by atoms with van der Waals surface area (Å²) in [5.74, 6) is 1.67. The number of amides is 1. The molecule has 8 heteroatoms. The van der Waals surface area contributed by atoms with Crippen LogP contribution < -0.4 is 9.47 Å². The maximum absolute atomic E-state index is 13.2. The first kappa shape index (κ1) is 22.2. The molecule has 1 aliphatic rings. The summed E-state index contributed by atoms with van der Waals surface area (Å²) < 4.78 is 16.6. The summed E-state index contributed by atoms with van der Waals surface area (Å²) in [7, 11) is 1.59. The van der Waals surface area contributed by atoms with Crippen LogP contribution >= 0.6 is 11.6 Å². The highest BCUT2D eigenvalue weighted by Crippen LogP contribution is 2.28. The topological polar surface area (TPSA) is 68.0 Å². The van der Waals surface area contributed by atoms with Crippen molar-refractivity contribution >= 4 is 17.5 Å². The molecule has 0 unspecified atom stereocenters. The zero-order chi connectivity index (χ0) is 22.5. The number of methoxy groups -OCH3 is 1. The van der Waals surface area contributed by atoms with Crippen LogP contribution in [0.1, 0.15) is 27.4 Å². The zero-order valence-electron chi connectivity index (χ0n) is 18.2. The second-order valence-electron chi connectivity index (χ2n) is 7.70. The number of carbonyl (C=O) groups is 1. The Labute approximate surface area is 192 Å². The number of para-hydroxylation sites is 2. The van der Waals surface area contributed by atoms with Crippen LogP contribution in [-0.2, 0) is 13.2 Å². The zero-order valence-corrected chi connectivity index (χ0v) is 19.0.